The number of primary amides is 1. The van der Waals surface area contributed by atoms with E-state index in [1.165, 1.54) is 37.2 Å². The Morgan fingerprint density at radius 3 is 0.935 bits per heavy atom. The van der Waals surface area contributed by atoms with Crippen molar-refractivity contribution in [2.24, 2.45) is 41.2 Å². The molecule has 1 aliphatic rings. The number of rotatable bonds is 30. The minimum Gasteiger partial charge on any atom is -0.492 e. The van der Waals surface area contributed by atoms with Crippen LogP contribution in [0.4, 0.5) is 0 Å². The third-order valence-electron chi connectivity index (χ3n) is 15.3. The van der Waals surface area contributed by atoms with Gasteiger partial charge in [0.1, 0.15) is 42.0 Å². The summed E-state index contributed by atoms with van der Waals surface area (Å²) in [7, 11) is 4.04. The summed E-state index contributed by atoms with van der Waals surface area (Å²) < 4.78 is 32.1. The van der Waals surface area contributed by atoms with Gasteiger partial charge in [-0.15, -0.1) is 56.7 Å². The molecule has 11 rings (SSSR count). The van der Waals surface area contributed by atoms with Crippen molar-refractivity contribution in [1.29, 1.82) is 0 Å². The molecule has 5 aromatic heterocycles. The topological polar surface area (TPSA) is 177 Å². The lowest BCUT2D eigenvalue weighted by atomic mass is 10.0. The van der Waals surface area contributed by atoms with Gasteiger partial charge in [-0.1, -0.05) is 127 Å². The van der Waals surface area contributed by atoms with Crippen molar-refractivity contribution in [1.82, 2.24) is 29.8 Å². The lowest BCUT2D eigenvalue weighted by molar-refractivity contribution is -0.119. The molecule has 5 heterocycles. The average Bonchev–Trinajstić information content (AvgIpc) is 1.70. The first kappa shape index (κ1) is 91.7. The molecule has 0 radical (unpaired) electrons. The van der Waals surface area contributed by atoms with Crippen molar-refractivity contribution >= 4 is 200 Å². The number of nitrogens with zero attached hydrogens (tertiary/aromatic N) is 6. The zero-order chi connectivity index (χ0) is 79.1. The second kappa shape index (κ2) is 45.5. The predicted molar refractivity (Wildman–Crippen MR) is 475 cm³/mol. The number of hydrogen-bond donors (Lipinski definition) is 2. The summed E-state index contributed by atoms with van der Waals surface area (Å²) >= 11 is 57.2. The Morgan fingerprint density at radius 2 is 0.704 bits per heavy atom. The molecule has 5 aromatic carbocycles. The minimum absolute atomic E-state index is 0.0321. The second-order valence-electron chi connectivity index (χ2n) is 27.6. The Balaban J connectivity index is 0.000000188. The van der Waals surface area contributed by atoms with Crippen LogP contribution in [-0.4, -0.2) is 101 Å². The van der Waals surface area contributed by atoms with Gasteiger partial charge in [-0.25, -0.2) is 24.9 Å². The Bertz CT molecular complexity index is 4530. The van der Waals surface area contributed by atoms with Gasteiger partial charge in [0.05, 0.1) is 73.4 Å². The number of carbonyl (C=O) groups excluding carboxylic acids is 1. The number of halogens is 10. The predicted octanol–water partition coefficient (Wildman–Crippen LogP) is 26.5. The molecule has 29 heteroatoms. The minimum atomic E-state index is -0.539. The van der Waals surface area contributed by atoms with E-state index in [0.29, 0.717) is 79.4 Å². The number of carbonyl (C=O) groups is 1. The fourth-order valence-electron chi connectivity index (χ4n) is 10.4. The van der Waals surface area contributed by atoms with Gasteiger partial charge in [0.15, 0.2) is 26.2 Å². The third-order valence-corrected chi connectivity index (χ3v) is 24.5. The number of hydrogen-bond acceptors (Lipinski definition) is 18. The number of nitrogens with two attached hydrogens (primary N) is 1. The highest BCUT2D eigenvalue weighted by atomic mass is 79.9. The highest BCUT2D eigenvalue weighted by Gasteiger charge is 2.24. The first-order valence-electron chi connectivity index (χ1n) is 35.2. The SMILES string of the molecule is CC(C)Cc1sc(Br)nc1-c1ccc(OCC(N)=O)c(Cl)c1.CC(C)Cc1sc(Br)nc1-c1ccc(OCC2CC2)c(Cl)c1.CC(C)Cc1sc(Br)nc1-c1ccc(OCCN(C)C)c(Cl)c1.CC(C)Cc1sc(Br)nc1-c1ccc(OCCO)c(Cl)c1.CCOc1ccc(-c2nc(Br)sc2CC(C)C)cc1Cl. The molecule has 1 saturated carbocycles. The average molecular weight is 1990 g/mol. The van der Waals surface area contributed by atoms with E-state index in [1.807, 2.05) is 93.8 Å². The molecule has 0 aliphatic heterocycles. The van der Waals surface area contributed by atoms with E-state index >= 15 is 0 Å². The van der Waals surface area contributed by atoms with Gasteiger partial charge in [-0.3, -0.25) is 4.79 Å². The third kappa shape index (κ3) is 30.0. The molecular weight excluding hydrogens is 1900 g/mol. The number of aromatic nitrogens is 5. The van der Waals surface area contributed by atoms with Gasteiger partial charge >= 0.3 is 0 Å². The summed E-state index contributed by atoms with van der Waals surface area (Å²) in [5, 5.41) is 11.7. The maximum atomic E-state index is 10.8. The summed E-state index contributed by atoms with van der Waals surface area (Å²) in [6.45, 7) is 26.8. The number of aliphatic hydroxyl groups is 1. The van der Waals surface area contributed by atoms with Crippen LogP contribution >= 0.6 is 194 Å². The van der Waals surface area contributed by atoms with Crippen molar-refractivity contribution in [2.45, 2.75) is 121 Å². The molecule has 0 spiro atoms. The number of aliphatic hydroxyl groups excluding tert-OH is 1. The van der Waals surface area contributed by atoms with Gasteiger partial charge in [0.25, 0.3) is 5.91 Å². The van der Waals surface area contributed by atoms with Crippen molar-refractivity contribution in [3.05, 3.63) is 160 Å². The summed E-state index contributed by atoms with van der Waals surface area (Å²) in [6, 6.07) is 28.8. The molecule has 1 amide bonds. The van der Waals surface area contributed by atoms with E-state index < -0.39 is 5.91 Å². The van der Waals surface area contributed by atoms with Crippen LogP contribution in [0.3, 0.4) is 0 Å². The highest BCUT2D eigenvalue weighted by molar-refractivity contribution is 9.11. The van der Waals surface area contributed by atoms with E-state index in [1.54, 1.807) is 68.8 Å². The first-order valence-corrected chi connectivity index (χ1v) is 45.1. The second-order valence-corrected chi connectivity index (χ2v) is 41.4. The van der Waals surface area contributed by atoms with E-state index in [-0.39, 0.29) is 19.8 Å². The zero-order valence-corrected chi connectivity index (χ0v) is 78.3. The van der Waals surface area contributed by atoms with Crippen LogP contribution in [-0.2, 0) is 36.9 Å². The van der Waals surface area contributed by atoms with E-state index in [4.69, 9.17) is 92.5 Å². The van der Waals surface area contributed by atoms with Crippen LogP contribution in [0.5, 0.6) is 28.7 Å². The fourth-order valence-corrected chi connectivity index (χ4v) is 20.5. The molecule has 0 atom stereocenters. The molecule has 14 nitrogen and oxygen atoms in total. The first-order chi connectivity index (χ1) is 51.3. The van der Waals surface area contributed by atoms with Crippen LogP contribution in [0.1, 0.15) is 113 Å². The van der Waals surface area contributed by atoms with Crippen LogP contribution < -0.4 is 29.4 Å². The lowest BCUT2D eigenvalue weighted by Crippen LogP contribution is -2.20. The van der Waals surface area contributed by atoms with Crippen molar-refractivity contribution in [2.75, 3.05) is 60.3 Å². The molecule has 0 unspecified atom stereocenters. The smallest absolute Gasteiger partial charge is 0.255 e. The molecule has 1 fully saturated rings. The maximum absolute atomic E-state index is 10.8. The Kier molecular flexibility index (Phi) is 38.7. The van der Waals surface area contributed by atoms with Crippen LogP contribution in [0.15, 0.2) is 111 Å². The monoisotopic (exact) mass is 1980 g/mol. The maximum Gasteiger partial charge on any atom is 0.255 e. The molecular formula is C79H91Br5Cl5N7O7S5. The number of ether oxygens (including phenoxy) is 5. The van der Waals surface area contributed by atoms with Gasteiger partial charge in [0.2, 0.25) is 0 Å². The standard InChI is InChI=1S/C17H22BrClN2OS.C17H19BrClNOS.C15H16BrClN2O2S.C15H17BrClNO2S.C15H17BrClNOS/c1-11(2)9-15-16(20-17(18)23-15)12-5-6-14(13(19)10-12)22-8-7-21(3)4;1-10(2)7-15-16(20-17(18)22-15)12-5-6-14(13(19)8-12)21-9-11-3-4-11;1-8(2)5-12-14(19-15(16)22-12)9-3-4-11(10(17)6-9)21-7-13(18)20;1-9(2)7-13-14(18-15(16)21-13)10-3-4-12(11(17)8-10)20-6-5-19;1-4-19-12-6-5-10(8-11(12)17)14-13(7-9(2)3)20-15(16)18-14/h5-6,10-11H,7-9H2,1-4H3;5-6,8,10-11H,3-4,7,9H2,1-2H3;3-4,6,8H,5,7H2,1-2H3,(H2,18,20);3-4,8-9,19H,5-7H2,1-2H3;5-6,8-9H,4,7H2,1-3H3. The molecule has 584 valence electrons. The van der Waals surface area contributed by atoms with Crippen molar-refractivity contribution in [3.63, 3.8) is 0 Å². The number of benzene rings is 5. The normalized spacial score (nSPS) is 11.9. The van der Waals surface area contributed by atoms with Crippen LogP contribution in [0.2, 0.25) is 25.1 Å². The summed E-state index contributed by atoms with van der Waals surface area (Å²) in [6.07, 6.45) is 7.55. The number of thiazole rings is 5. The van der Waals surface area contributed by atoms with Crippen molar-refractivity contribution < 1.29 is 33.6 Å². The quantitative estimate of drug-likeness (QED) is 0.0435. The summed E-state index contributed by atoms with van der Waals surface area (Å²) in [4.78, 5) is 42.1. The lowest BCUT2D eigenvalue weighted by Gasteiger charge is -2.13. The summed E-state index contributed by atoms with van der Waals surface area (Å²) in [5.41, 5.74) is 15.0. The van der Waals surface area contributed by atoms with Crippen LogP contribution in [0, 0.1) is 35.5 Å². The molecule has 0 bridgehead atoms. The molecule has 10 aromatic rings. The Labute approximate surface area is 723 Å². The summed E-state index contributed by atoms with van der Waals surface area (Å²) in [5.74, 6) is 6.31. The van der Waals surface area contributed by atoms with Gasteiger partial charge < -0.3 is 39.4 Å². The Hall–Kier alpha value is -3.51. The Morgan fingerprint density at radius 1 is 0.444 bits per heavy atom. The van der Waals surface area contributed by atoms with Gasteiger partial charge in [-0.2, -0.15) is 0 Å². The van der Waals surface area contributed by atoms with Crippen molar-refractivity contribution in [3.8, 4) is 85.0 Å². The number of amides is 1. The molecule has 108 heavy (non-hydrogen) atoms. The van der Waals surface area contributed by atoms with Gasteiger partial charge in [0, 0.05) is 58.7 Å². The van der Waals surface area contributed by atoms with E-state index in [9.17, 15) is 4.79 Å². The largest absolute Gasteiger partial charge is 0.492 e. The van der Waals surface area contributed by atoms with E-state index in [0.717, 1.165) is 144 Å². The van der Waals surface area contributed by atoms with Crippen LogP contribution in [0.25, 0.3) is 56.3 Å². The van der Waals surface area contributed by atoms with Gasteiger partial charge in [-0.05, 0) is 272 Å². The highest BCUT2D eigenvalue weighted by Crippen LogP contribution is 2.43. The molecule has 3 N–H and O–H groups in total. The van der Waals surface area contributed by atoms with E-state index in [2.05, 4.69) is 185 Å². The fraction of sp³-hybridized carbons (Fsp3) is 0.418. The zero-order valence-electron chi connectivity index (χ0n) is 62.5. The molecule has 0 saturated heterocycles. The molecule has 1 aliphatic carbocycles. The number of likely N-dealkylation sites (N-methyl/N-ethyl adjacent to an activating group) is 1.